The van der Waals surface area contributed by atoms with Crippen LogP contribution in [-0.2, 0) is 0 Å². The van der Waals surface area contributed by atoms with E-state index in [-0.39, 0.29) is 5.50 Å². The number of hydrogen-bond donors (Lipinski definition) is 1. The molecule has 2 aromatic carbocycles. The Labute approximate surface area is 175 Å². The van der Waals surface area contributed by atoms with Gasteiger partial charge in [-0.3, -0.25) is 4.90 Å². The summed E-state index contributed by atoms with van der Waals surface area (Å²) in [7, 11) is 2.22. The lowest BCUT2D eigenvalue weighted by Gasteiger charge is -2.36. The molecule has 1 aliphatic rings. The topological polar surface area (TPSA) is 18.5 Å². The second kappa shape index (κ2) is 9.23. The Kier molecular flexibility index (Phi) is 6.95. The molecule has 0 bridgehead atoms. The maximum atomic E-state index is 3.76. The fraction of sp³-hybridized carbons (Fsp3) is 0.500. The van der Waals surface area contributed by atoms with Crippen molar-refractivity contribution in [2.75, 3.05) is 25.5 Å². The standard InChI is InChI=1S/C24H35N3S/c1-17(2)14-27(15-18(3)4)19(5)23-16-28-24(26(23)6)25-22-13-9-11-20-10-7-8-12-21(20)22/h7-13,16-19,24-25H,14-15H2,1-6H3. The number of thioether (sulfide) groups is 1. The van der Waals surface area contributed by atoms with Crippen LogP contribution in [0, 0.1) is 11.8 Å². The Morgan fingerprint density at radius 2 is 1.61 bits per heavy atom. The van der Waals surface area contributed by atoms with Gasteiger partial charge in [-0.25, -0.2) is 0 Å². The molecular weight excluding hydrogens is 362 g/mol. The third-order valence-electron chi connectivity index (χ3n) is 5.32. The first-order valence-electron chi connectivity index (χ1n) is 10.4. The van der Waals surface area contributed by atoms with Crippen LogP contribution in [0.5, 0.6) is 0 Å². The highest BCUT2D eigenvalue weighted by molar-refractivity contribution is 8.03. The molecular formula is C24H35N3S. The second-order valence-corrected chi connectivity index (χ2v) is 9.69. The smallest absolute Gasteiger partial charge is 0.151 e. The Balaban J connectivity index is 1.73. The molecule has 152 valence electrons. The van der Waals surface area contributed by atoms with Gasteiger partial charge in [-0.1, -0.05) is 75.9 Å². The van der Waals surface area contributed by atoms with E-state index in [1.807, 2.05) is 11.8 Å². The maximum Gasteiger partial charge on any atom is 0.151 e. The minimum atomic E-state index is 0.225. The van der Waals surface area contributed by atoms with Gasteiger partial charge in [0.25, 0.3) is 0 Å². The molecule has 0 amide bonds. The maximum absolute atomic E-state index is 3.76. The Morgan fingerprint density at radius 1 is 0.964 bits per heavy atom. The van der Waals surface area contributed by atoms with Crippen LogP contribution in [-0.4, -0.2) is 41.5 Å². The molecule has 0 aromatic heterocycles. The highest BCUT2D eigenvalue weighted by atomic mass is 32.2. The first kappa shape index (κ1) is 21.1. The van der Waals surface area contributed by atoms with Crippen LogP contribution < -0.4 is 5.32 Å². The van der Waals surface area contributed by atoms with E-state index in [1.165, 1.54) is 22.2 Å². The average molecular weight is 398 g/mol. The molecule has 0 fully saturated rings. The summed E-state index contributed by atoms with van der Waals surface area (Å²) in [5.74, 6) is 1.34. The molecule has 3 nitrogen and oxygen atoms in total. The van der Waals surface area contributed by atoms with Crippen LogP contribution in [0.2, 0.25) is 0 Å². The number of fused-ring (bicyclic) bond motifs is 1. The van der Waals surface area contributed by atoms with Crippen molar-refractivity contribution in [2.24, 2.45) is 11.8 Å². The fourth-order valence-corrected chi connectivity index (χ4v) is 5.10. The molecule has 0 saturated heterocycles. The van der Waals surface area contributed by atoms with Gasteiger partial charge in [0.2, 0.25) is 0 Å². The molecule has 4 heteroatoms. The van der Waals surface area contributed by atoms with E-state index in [1.54, 1.807) is 0 Å². The van der Waals surface area contributed by atoms with E-state index in [4.69, 9.17) is 0 Å². The van der Waals surface area contributed by atoms with Crippen molar-refractivity contribution in [3.8, 4) is 0 Å². The lowest BCUT2D eigenvalue weighted by Crippen LogP contribution is -2.44. The van der Waals surface area contributed by atoms with Gasteiger partial charge in [-0.05, 0) is 35.6 Å². The van der Waals surface area contributed by atoms with Crippen LogP contribution >= 0.6 is 11.8 Å². The van der Waals surface area contributed by atoms with Gasteiger partial charge < -0.3 is 10.2 Å². The number of likely N-dealkylation sites (N-methyl/N-ethyl adjacent to an activating group) is 1. The van der Waals surface area contributed by atoms with Crippen LogP contribution in [0.3, 0.4) is 0 Å². The first-order chi connectivity index (χ1) is 13.4. The Bertz CT molecular complexity index is 799. The van der Waals surface area contributed by atoms with E-state index >= 15 is 0 Å². The predicted molar refractivity (Wildman–Crippen MR) is 126 cm³/mol. The number of anilines is 1. The fourth-order valence-electron chi connectivity index (χ4n) is 3.97. The van der Waals surface area contributed by atoms with Crippen molar-refractivity contribution in [1.29, 1.82) is 0 Å². The summed E-state index contributed by atoms with van der Waals surface area (Å²) in [6.45, 7) is 13.9. The third-order valence-corrected chi connectivity index (χ3v) is 6.39. The lowest BCUT2D eigenvalue weighted by molar-refractivity contribution is 0.165. The minimum Gasteiger partial charge on any atom is -0.356 e. The number of nitrogens with zero attached hydrogens (tertiary/aromatic N) is 2. The molecule has 28 heavy (non-hydrogen) atoms. The first-order valence-corrected chi connectivity index (χ1v) is 11.4. The largest absolute Gasteiger partial charge is 0.356 e. The molecule has 0 radical (unpaired) electrons. The van der Waals surface area contributed by atoms with Crippen molar-refractivity contribution in [2.45, 2.75) is 46.2 Å². The van der Waals surface area contributed by atoms with E-state index in [0.29, 0.717) is 17.9 Å². The Hall–Kier alpha value is -1.65. The summed E-state index contributed by atoms with van der Waals surface area (Å²) in [6.07, 6.45) is 0. The van der Waals surface area contributed by atoms with Crippen LogP contribution in [0.1, 0.15) is 34.6 Å². The molecule has 1 aliphatic heterocycles. The van der Waals surface area contributed by atoms with E-state index in [0.717, 1.165) is 13.1 Å². The summed E-state index contributed by atoms with van der Waals surface area (Å²) < 4.78 is 0. The van der Waals surface area contributed by atoms with Crippen LogP contribution in [0.25, 0.3) is 10.8 Å². The van der Waals surface area contributed by atoms with Gasteiger partial charge in [0.15, 0.2) is 5.50 Å². The lowest BCUT2D eigenvalue weighted by atomic mass is 10.1. The van der Waals surface area contributed by atoms with Crippen molar-refractivity contribution in [1.82, 2.24) is 9.80 Å². The number of nitrogens with one attached hydrogen (secondary N) is 1. The normalized spacial score (nSPS) is 18.4. The summed E-state index contributed by atoms with van der Waals surface area (Å²) in [6, 6.07) is 15.5. The zero-order valence-electron chi connectivity index (χ0n) is 18.1. The third kappa shape index (κ3) is 4.84. The molecule has 1 N–H and O–H groups in total. The van der Waals surface area contributed by atoms with Crippen molar-refractivity contribution in [3.63, 3.8) is 0 Å². The zero-order valence-corrected chi connectivity index (χ0v) is 19.0. The molecule has 3 rings (SSSR count). The molecule has 2 aromatic rings. The molecule has 1 heterocycles. The zero-order chi connectivity index (χ0) is 20.3. The highest BCUT2D eigenvalue weighted by Gasteiger charge is 2.30. The number of hydrogen-bond acceptors (Lipinski definition) is 4. The molecule has 2 unspecified atom stereocenters. The van der Waals surface area contributed by atoms with Gasteiger partial charge in [0.05, 0.1) is 0 Å². The van der Waals surface area contributed by atoms with Gasteiger partial charge in [-0.15, -0.1) is 0 Å². The minimum absolute atomic E-state index is 0.225. The second-order valence-electron chi connectivity index (χ2n) is 8.73. The van der Waals surface area contributed by atoms with Crippen LogP contribution in [0.4, 0.5) is 5.69 Å². The van der Waals surface area contributed by atoms with Gasteiger partial charge >= 0.3 is 0 Å². The molecule has 0 saturated carbocycles. The molecule has 2 atom stereocenters. The van der Waals surface area contributed by atoms with Crippen molar-refractivity contribution >= 4 is 28.2 Å². The van der Waals surface area contributed by atoms with E-state index < -0.39 is 0 Å². The van der Waals surface area contributed by atoms with Crippen molar-refractivity contribution < 1.29 is 0 Å². The Morgan fingerprint density at radius 3 is 2.29 bits per heavy atom. The van der Waals surface area contributed by atoms with Crippen LogP contribution in [0.15, 0.2) is 53.6 Å². The summed E-state index contributed by atoms with van der Waals surface area (Å²) in [4.78, 5) is 5.04. The average Bonchev–Trinajstić information content (AvgIpc) is 3.00. The summed E-state index contributed by atoms with van der Waals surface area (Å²) >= 11 is 1.87. The summed E-state index contributed by atoms with van der Waals surface area (Å²) in [5.41, 5.74) is 2.83. The van der Waals surface area contributed by atoms with E-state index in [9.17, 15) is 0 Å². The van der Waals surface area contributed by atoms with Gasteiger partial charge in [0.1, 0.15) is 0 Å². The van der Waals surface area contributed by atoms with Crippen molar-refractivity contribution in [3.05, 3.63) is 53.6 Å². The van der Waals surface area contributed by atoms with Gasteiger partial charge in [-0.2, -0.15) is 0 Å². The highest BCUT2D eigenvalue weighted by Crippen LogP contribution is 2.35. The van der Waals surface area contributed by atoms with Gasteiger partial charge in [0, 0.05) is 42.9 Å². The SMILES string of the molecule is CC(C)CN(CC(C)C)C(C)C1=CSC(Nc2cccc3ccccc23)N1C. The number of rotatable bonds is 8. The monoisotopic (exact) mass is 397 g/mol. The molecule has 0 spiro atoms. The predicted octanol–water partition coefficient (Wildman–Crippen LogP) is 6.06. The molecule has 0 aliphatic carbocycles. The number of benzene rings is 2. The van der Waals surface area contributed by atoms with E-state index in [2.05, 4.69) is 105 Å². The summed E-state index contributed by atoms with van der Waals surface area (Å²) in [5, 5.41) is 8.66. The quantitative estimate of drug-likeness (QED) is 0.583.